The fourth-order valence-electron chi connectivity index (χ4n) is 3.18. The van der Waals surface area contributed by atoms with Crippen LogP contribution >= 0.6 is 11.6 Å². The van der Waals surface area contributed by atoms with Crippen LogP contribution in [0.2, 0.25) is 5.02 Å². The van der Waals surface area contributed by atoms with Crippen molar-refractivity contribution in [1.82, 2.24) is 19.7 Å². The molecule has 0 aliphatic heterocycles. The van der Waals surface area contributed by atoms with Crippen molar-refractivity contribution >= 4 is 17.5 Å². The Balaban J connectivity index is 1.97. The molecule has 2 aromatic rings. The quantitative estimate of drug-likeness (QED) is 0.874. The van der Waals surface area contributed by atoms with E-state index in [4.69, 9.17) is 11.6 Å². The summed E-state index contributed by atoms with van der Waals surface area (Å²) >= 11 is 6.13. The highest BCUT2D eigenvalue weighted by molar-refractivity contribution is 6.33. The molecule has 116 valence electrons. The van der Waals surface area contributed by atoms with Gasteiger partial charge in [-0.2, -0.15) is 5.10 Å². The zero-order valence-corrected chi connectivity index (χ0v) is 13.5. The summed E-state index contributed by atoms with van der Waals surface area (Å²) in [5, 5.41) is 4.46. The minimum atomic E-state index is -0.0870. The second-order valence-corrected chi connectivity index (χ2v) is 5.92. The monoisotopic (exact) mass is 318 g/mol. The van der Waals surface area contributed by atoms with Crippen molar-refractivity contribution in [2.45, 2.75) is 32.2 Å². The molecule has 0 bridgehead atoms. The predicted molar refractivity (Wildman–Crippen MR) is 84.8 cm³/mol. The molecule has 2 heterocycles. The lowest BCUT2D eigenvalue weighted by atomic mass is 9.90. The first kappa shape index (κ1) is 15.0. The van der Waals surface area contributed by atoms with E-state index in [0.29, 0.717) is 17.3 Å². The van der Waals surface area contributed by atoms with Crippen molar-refractivity contribution in [3.8, 4) is 0 Å². The normalized spacial score (nSPS) is 17.1. The zero-order valence-electron chi connectivity index (χ0n) is 12.8. The molecule has 0 spiro atoms. The van der Waals surface area contributed by atoms with E-state index in [0.717, 1.165) is 25.0 Å². The molecule has 1 aliphatic carbocycles. The lowest BCUT2D eigenvalue weighted by Crippen LogP contribution is -2.38. The Kier molecular flexibility index (Phi) is 4.16. The lowest BCUT2D eigenvalue weighted by molar-refractivity contribution is 0.0654. The second kappa shape index (κ2) is 6.08. The van der Waals surface area contributed by atoms with Gasteiger partial charge < -0.3 is 4.90 Å². The van der Waals surface area contributed by atoms with Crippen LogP contribution in [0.5, 0.6) is 0 Å². The molecule has 1 unspecified atom stereocenters. The number of halogens is 1. The van der Waals surface area contributed by atoms with Crippen LogP contribution in [0.3, 0.4) is 0 Å². The van der Waals surface area contributed by atoms with Gasteiger partial charge in [0.1, 0.15) is 5.69 Å². The van der Waals surface area contributed by atoms with Crippen molar-refractivity contribution in [3.63, 3.8) is 0 Å². The molecule has 1 aliphatic rings. The third-order valence-electron chi connectivity index (χ3n) is 4.24. The summed E-state index contributed by atoms with van der Waals surface area (Å²) < 4.78 is 1.54. The third-order valence-corrected chi connectivity index (χ3v) is 4.52. The predicted octanol–water partition coefficient (Wildman–Crippen LogP) is 3.01. The van der Waals surface area contributed by atoms with Gasteiger partial charge in [-0.15, -0.1) is 0 Å². The van der Waals surface area contributed by atoms with E-state index < -0.39 is 0 Å². The van der Waals surface area contributed by atoms with Crippen LogP contribution in [0.1, 0.15) is 47.6 Å². The summed E-state index contributed by atoms with van der Waals surface area (Å²) in [4.78, 5) is 19.3. The Hall–Kier alpha value is -1.88. The van der Waals surface area contributed by atoms with Gasteiger partial charge in [0.05, 0.1) is 23.0 Å². The number of nitrogens with zero attached hydrogens (tertiary/aromatic N) is 4. The highest BCUT2D eigenvalue weighted by atomic mass is 35.5. The average molecular weight is 319 g/mol. The van der Waals surface area contributed by atoms with Gasteiger partial charge in [-0.3, -0.25) is 14.5 Å². The summed E-state index contributed by atoms with van der Waals surface area (Å²) in [6.45, 7) is 2.60. The summed E-state index contributed by atoms with van der Waals surface area (Å²) in [6.07, 6.45) is 6.32. The SMILES string of the molecule is CCN(C(=O)c1c(Cl)cnn1C)C1CCCc2cccnc21. The van der Waals surface area contributed by atoms with E-state index in [1.165, 1.54) is 16.4 Å². The number of rotatable bonds is 3. The minimum Gasteiger partial charge on any atom is -0.329 e. The van der Waals surface area contributed by atoms with E-state index in [1.54, 1.807) is 13.2 Å². The average Bonchev–Trinajstić information content (AvgIpc) is 2.87. The first-order valence-electron chi connectivity index (χ1n) is 7.55. The second-order valence-electron chi connectivity index (χ2n) is 5.51. The molecule has 6 heteroatoms. The van der Waals surface area contributed by atoms with Crippen LogP contribution in [-0.4, -0.2) is 32.1 Å². The molecule has 1 amide bonds. The van der Waals surface area contributed by atoms with E-state index in [9.17, 15) is 4.79 Å². The zero-order chi connectivity index (χ0) is 15.7. The number of aryl methyl sites for hydroxylation is 2. The van der Waals surface area contributed by atoms with Gasteiger partial charge in [0, 0.05) is 19.8 Å². The molecule has 0 aromatic carbocycles. The van der Waals surface area contributed by atoms with Gasteiger partial charge in [-0.25, -0.2) is 0 Å². The number of carbonyl (C=O) groups is 1. The van der Waals surface area contributed by atoms with Crippen molar-refractivity contribution in [2.24, 2.45) is 7.05 Å². The number of fused-ring (bicyclic) bond motifs is 1. The summed E-state index contributed by atoms with van der Waals surface area (Å²) in [7, 11) is 1.74. The Bertz CT molecular complexity index is 678. The molecule has 22 heavy (non-hydrogen) atoms. The maximum atomic E-state index is 12.9. The smallest absolute Gasteiger partial charge is 0.274 e. The maximum Gasteiger partial charge on any atom is 0.274 e. The topological polar surface area (TPSA) is 51.0 Å². The number of hydrogen-bond donors (Lipinski definition) is 0. The van der Waals surface area contributed by atoms with Crippen molar-refractivity contribution in [1.29, 1.82) is 0 Å². The fourth-order valence-corrected chi connectivity index (χ4v) is 3.43. The van der Waals surface area contributed by atoms with Crippen LogP contribution in [-0.2, 0) is 13.5 Å². The van der Waals surface area contributed by atoms with Crippen LogP contribution in [0.4, 0.5) is 0 Å². The van der Waals surface area contributed by atoms with E-state index >= 15 is 0 Å². The number of carbonyl (C=O) groups excluding carboxylic acids is 1. The number of amides is 1. The number of aromatic nitrogens is 3. The van der Waals surface area contributed by atoms with Crippen LogP contribution < -0.4 is 0 Å². The van der Waals surface area contributed by atoms with Crippen LogP contribution in [0, 0.1) is 0 Å². The molecular formula is C16H19ClN4O. The Morgan fingerprint density at radius 1 is 1.55 bits per heavy atom. The minimum absolute atomic E-state index is 0.00779. The van der Waals surface area contributed by atoms with E-state index in [1.807, 2.05) is 17.9 Å². The summed E-state index contributed by atoms with van der Waals surface area (Å²) in [5.74, 6) is -0.0870. The lowest BCUT2D eigenvalue weighted by Gasteiger charge is -2.34. The van der Waals surface area contributed by atoms with E-state index in [-0.39, 0.29) is 11.9 Å². The van der Waals surface area contributed by atoms with Crippen molar-refractivity contribution < 1.29 is 4.79 Å². The number of pyridine rings is 1. The number of hydrogen-bond acceptors (Lipinski definition) is 3. The standard InChI is InChI=1S/C16H19ClN4O/c1-3-21(16(22)15-12(17)10-19-20(15)2)13-8-4-6-11-7-5-9-18-14(11)13/h5,7,9-10,13H,3-4,6,8H2,1-2H3. The van der Waals surface area contributed by atoms with Crippen LogP contribution in [0.15, 0.2) is 24.5 Å². The van der Waals surface area contributed by atoms with Gasteiger partial charge in [0.15, 0.2) is 0 Å². The van der Waals surface area contributed by atoms with Gasteiger partial charge in [-0.05, 0) is 37.8 Å². The largest absolute Gasteiger partial charge is 0.329 e. The van der Waals surface area contributed by atoms with Gasteiger partial charge >= 0.3 is 0 Å². The van der Waals surface area contributed by atoms with Crippen LogP contribution in [0.25, 0.3) is 0 Å². The molecule has 2 aromatic heterocycles. The third kappa shape index (κ3) is 2.50. The Morgan fingerprint density at radius 2 is 2.36 bits per heavy atom. The molecule has 1 atom stereocenters. The maximum absolute atomic E-state index is 12.9. The Labute approximate surface area is 134 Å². The molecule has 0 saturated carbocycles. The molecule has 5 nitrogen and oxygen atoms in total. The molecule has 0 saturated heterocycles. The highest BCUT2D eigenvalue weighted by Crippen LogP contribution is 2.34. The van der Waals surface area contributed by atoms with E-state index in [2.05, 4.69) is 16.1 Å². The summed E-state index contributed by atoms with van der Waals surface area (Å²) in [6, 6.07) is 4.06. The molecule has 0 radical (unpaired) electrons. The molecular weight excluding hydrogens is 300 g/mol. The van der Waals surface area contributed by atoms with Gasteiger partial charge in [0.25, 0.3) is 5.91 Å². The molecule has 0 fully saturated rings. The van der Waals surface area contributed by atoms with Crippen molar-refractivity contribution in [3.05, 3.63) is 46.5 Å². The summed E-state index contributed by atoms with van der Waals surface area (Å²) in [5.41, 5.74) is 2.69. The van der Waals surface area contributed by atoms with Gasteiger partial charge in [-0.1, -0.05) is 17.7 Å². The first-order chi connectivity index (χ1) is 10.6. The highest BCUT2D eigenvalue weighted by Gasteiger charge is 2.32. The van der Waals surface area contributed by atoms with Crippen molar-refractivity contribution in [2.75, 3.05) is 6.54 Å². The first-order valence-corrected chi connectivity index (χ1v) is 7.93. The molecule has 3 rings (SSSR count). The Morgan fingerprint density at radius 3 is 3.05 bits per heavy atom. The fraction of sp³-hybridized carbons (Fsp3) is 0.438. The van der Waals surface area contributed by atoms with Gasteiger partial charge in [0.2, 0.25) is 0 Å². The molecule has 0 N–H and O–H groups in total.